The molecule has 156 valence electrons. The summed E-state index contributed by atoms with van der Waals surface area (Å²) in [5.74, 6) is -0.743. The Labute approximate surface area is 175 Å². The molecule has 0 radical (unpaired) electrons. The summed E-state index contributed by atoms with van der Waals surface area (Å²) in [4.78, 5) is 12.7. The van der Waals surface area contributed by atoms with Gasteiger partial charge in [-0.15, -0.1) is 0 Å². The molecule has 5 nitrogen and oxygen atoms in total. The van der Waals surface area contributed by atoms with Gasteiger partial charge in [-0.1, -0.05) is 43.0 Å². The van der Waals surface area contributed by atoms with Crippen molar-refractivity contribution in [2.45, 2.75) is 49.6 Å². The molecule has 1 aliphatic carbocycles. The lowest BCUT2D eigenvalue weighted by molar-refractivity contribution is -0.122. The summed E-state index contributed by atoms with van der Waals surface area (Å²) in [5.41, 5.74) is 0.592. The molecule has 0 spiro atoms. The lowest BCUT2D eigenvalue weighted by Crippen LogP contribution is -2.44. The van der Waals surface area contributed by atoms with E-state index in [1.165, 1.54) is 48.5 Å². The molecule has 8 heteroatoms. The number of carbonyl (C=O) groups excluding carboxylic acids is 1. The molecule has 1 fully saturated rings. The minimum atomic E-state index is -3.94. The summed E-state index contributed by atoms with van der Waals surface area (Å²) >= 11 is 5.87. The quantitative estimate of drug-likeness (QED) is 0.707. The summed E-state index contributed by atoms with van der Waals surface area (Å²) in [6.07, 6.45) is 5.11. The first-order chi connectivity index (χ1) is 13.8. The van der Waals surface area contributed by atoms with Crippen molar-refractivity contribution in [1.29, 1.82) is 0 Å². The Kier molecular flexibility index (Phi) is 7.27. The fourth-order valence-corrected chi connectivity index (χ4v) is 4.97. The molecule has 0 aromatic heterocycles. The molecule has 2 aromatic rings. The van der Waals surface area contributed by atoms with E-state index in [0.717, 1.165) is 36.4 Å². The Morgan fingerprint density at radius 2 is 1.66 bits per heavy atom. The number of rotatable bonds is 7. The standard InChI is InChI=1S/C21H24ClFN2O3S/c22-17-8-12-20(13-9-17)29(27,28)25(14-16-6-10-18(23)11-7-16)15-21(26)24-19-4-2-1-3-5-19/h6-13,19H,1-5,14-15H2,(H,24,26). The van der Waals surface area contributed by atoms with Crippen LogP contribution in [0.3, 0.4) is 0 Å². The van der Waals surface area contributed by atoms with Gasteiger partial charge in [0.15, 0.2) is 0 Å². The second-order valence-electron chi connectivity index (χ2n) is 7.26. The van der Waals surface area contributed by atoms with Crippen molar-refractivity contribution < 1.29 is 17.6 Å². The zero-order valence-corrected chi connectivity index (χ0v) is 17.6. The van der Waals surface area contributed by atoms with Gasteiger partial charge in [0.1, 0.15) is 5.82 Å². The smallest absolute Gasteiger partial charge is 0.243 e. The fraction of sp³-hybridized carbons (Fsp3) is 0.381. The van der Waals surface area contributed by atoms with Gasteiger partial charge in [0.25, 0.3) is 0 Å². The van der Waals surface area contributed by atoms with E-state index in [2.05, 4.69) is 5.32 Å². The Balaban J connectivity index is 1.81. The van der Waals surface area contributed by atoms with Crippen LogP contribution in [0.2, 0.25) is 5.02 Å². The van der Waals surface area contributed by atoms with E-state index < -0.39 is 15.8 Å². The van der Waals surface area contributed by atoms with Gasteiger partial charge in [-0.25, -0.2) is 12.8 Å². The Morgan fingerprint density at radius 1 is 1.03 bits per heavy atom. The maximum Gasteiger partial charge on any atom is 0.243 e. The van der Waals surface area contributed by atoms with E-state index in [0.29, 0.717) is 10.6 Å². The highest BCUT2D eigenvalue weighted by molar-refractivity contribution is 7.89. The molecule has 1 amide bonds. The number of hydrogen-bond donors (Lipinski definition) is 1. The van der Waals surface area contributed by atoms with Gasteiger partial charge >= 0.3 is 0 Å². The van der Waals surface area contributed by atoms with Crippen molar-refractivity contribution in [2.24, 2.45) is 0 Å². The maximum atomic E-state index is 13.2. The van der Waals surface area contributed by atoms with Crippen molar-refractivity contribution in [3.8, 4) is 0 Å². The van der Waals surface area contributed by atoms with Crippen molar-refractivity contribution in [3.05, 3.63) is 64.9 Å². The molecular weight excluding hydrogens is 415 g/mol. The van der Waals surface area contributed by atoms with Crippen LogP contribution in [-0.2, 0) is 21.4 Å². The molecule has 1 saturated carbocycles. The average molecular weight is 439 g/mol. The van der Waals surface area contributed by atoms with Gasteiger partial charge in [-0.3, -0.25) is 4.79 Å². The molecule has 0 aliphatic heterocycles. The fourth-order valence-electron chi connectivity index (χ4n) is 3.46. The predicted molar refractivity (Wildman–Crippen MR) is 110 cm³/mol. The molecule has 1 N–H and O–H groups in total. The largest absolute Gasteiger partial charge is 0.352 e. The van der Waals surface area contributed by atoms with Gasteiger partial charge in [0, 0.05) is 17.6 Å². The summed E-state index contributed by atoms with van der Waals surface area (Å²) < 4.78 is 40.7. The normalized spacial score (nSPS) is 15.4. The van der Waals surface area contributed by atoms with Crippen LogP contribution in [0.1, 0.15) is 37.7 Å². The first-order valence-electron chi connectivity index (χ1n) is 9.64. The van der Waals surface area contributed by atoms with Crippen molar-refractivity contribution in [1.82, 2.24) is 9.62 Å². The van der Waals surface area contributed by atoms with Gasteiger partial charge in [-0.05, 0) is 54.8 Å². The van der Waals surface area contributed by atoms with E-state index in [1.807, 2.05) is 0 Å². The van der Waals surface area contributed by atoms with E-state index in [-0.39, 0.29) is 29.9 Å². The van der Waals surface area contributed by atoms with Gasteiger partial charge < -0.3 is 5.32 Å². The first-order valence-corrected chi connectivity index (χ1v) is 11.5. The number of sulfonamides is 1. The topological polar surface area (TPSA) is 66.5 Å². The van der Waals surface area contributed by atoms with Crippen LogP contribution in [0, 0.1) is 5.82 Å². The number of carbonyl (C=O) groups is 1. The van der Waals surface area contributed by atoms with E-state index in [4.69, 9.17) is 11.6 Å². The average Bonchev–Trinajstić information content (AvgIpc) is 2.70. The van der Waals surface area contributed by atoms with Crippen LogP contribution >= 0.6 is 11.6 Å². The number of halogens is 2. The third-order valence-electron chi connectivity index (χ3n) is 5.01. The molecule has 0 atom stereocenters. The molecule has 0 heterocycles. The minimum absolute atomic E-state index is 0.0384. The van der Waals surface area contributed by atoms with Crippen LogP contribution in [0.25, 0.3) is 0 Å². The zero-order valence-electron chi connectivity index (χ0n) is 16.0. The molecule has 0 saturated heterocycles. The number of benzene rings is 2. The monoisotopic (exact) mass is 438 g/mol. The number of amides is 1. The van der Waals surface area contributed by atoms with Crippen LogP contribution < -0.4 is 5.32 Å². The van der Waals surface area contributed by atoms with Crippen LogP contribution in [0.4, 0.5) is 4.39 Å². The second-order valence-corrected chi connectivity index (χ2v) is 9.63. The van der Waals surface area contributed by atoms with E-state index in [1.54, 1.807) is 0 Å². The van der Waals surface area contributed by atoms with Gasteiger partial charge in [0.05, 0.1) is 11.4 Å². The Hall–Kier alpha value is -1.96. The highest BCUT2D eigenvalue weighted by atomic mass is 35.5. The van der Waals surface area contributed by atoms with Crippen molar-refractivity contribution in [2.75, 3.05) is 6.54 Å². The molecule has 1 aliphatic rings. The molecule has 3 rings (SSSR count). The van der Waals surface area contributed by atoms with Gasteiger partial charge in [0.2, 0.25) is 15.9 Å². The molecular formula is C21H24ClFN2O3S. The van der Waals surface area contributed by atoms with Crippen LogP contribution in [-0.4, -0.2) is 31.2 Å². The van der Waals surface area contributed by atoms with E-state index >= 15 is 0 Å². The van der Waals surface area contributed by atoms with Crippen molar-refractivity contribution in [3.63, 3.8) is 0 Å². The SMILES string of the molecule is O=C(CN(Cc1ccc(F)cc1)S(=O)(=O)c1ccc(Cl)cc1)NC1CCCCC1. The molecule has 0 bridgehead atoms. The minimum Gasteiger partial charge on any atom is -0.352 e. The Bertz CT molecular complexity index is 927. The maximum absolute atomic E-state index is 13.2. The highest BCUT2D eigenvalue weighted by Gasteiger charge is 2.28. The number of nitrogens with one attached hydrogen (secondary N) is 1. The summed E-state index contributed by atoms with van der Waals surface area (Å²) in [7, 11) is -3.94. The lowest BCUT2D eigenvalue weighted by atomic mass is 9.95. The third-order valence-corrected chi connectivity index (χ3v) is 7.07. The summed E-state index contributed by atoms with van der Waals surface area (Å²) in [5, 5.41) is 3.37. The molecule has 29 heavy (non-hydrogen) atoms. The summed E-state index contributed by atoms with van der Waals surface area (Å²) in [6, 6.07) is 11.5. The van der Waals surface area contributed by atoms with Gasteiger partial charge in [-0.2, -0.15) is 4.31 Å². The van der Waals surface area contributed by atoms with Crippen LogP contribution in [0.5, 0.6) is 0 Å². The van der Waals surface area contributed by atoms with E-state index in [9.17, 15) is 17.6 Å². The number of hydrogen-bond acceptors (Lipinski definition) is 3. The van der Waals surface area contributed by atoms with Crippen molar-refractivity contribution >= 4 is 27.5 Å². The first kappa shape index (κ1) is 21.7. The highest BCUT2D eigenvalue weighted by Crippen LogP contribution is 2.21. The summed E-state index contributed by atoms with van der Waals surface area (Å²) in [6.45, 7) is -0.345. The lowest BCUT2D eigenvalue weighted by Gasteiger charge is -2.26. The Morgan fingerprint density at radius 3 is 2.28 bits per heavy atom. The second kappa shape index (κ2) is 9.69. The molecule has 2 aromatic carbocycles. The predicted octanol–water partition coefficient (Wildman–Crippen LogP) is 4.12. The number of nitrogens with zero attached hydrogens (tertiary/aromatic N) is 1. The molecule has 0 unspecified atom stereocenters. The zero-order chi connectivity index (χ0) is 20.9. The third kappa shape index (κ3) is 6.01. The van der Waals surface area contributed by atoms with Crippen LogP contribution in [0.15, 0.2) is 53.4 Å².